The third-order valence-corrected chi connectivity index (χ3v) is 4.20. The third kappa shape index (κ3) is 4.23. The third-order valence-electron chi connectivity index (χ3n) is 3.56. The van der Waals surface area contributed by atoms with Gasteiger partial charge in [0.1, 0.15) is 0 Å². The van der Waals surface area contributed by atoms with Crippen molar-refractivity contribution < 1.29 is 9.90 Å². The van der Waals surface area contributed by atoms with Gasteiger partial charge in [-0.3, -0.25) is 4.79 Å². The first kappa shape index (κ1) is 14.4. The van der Waals surface area contributed by atoms with Crippen LogP contribution in [0.2, 0.25) is 0 Å². The number of piperidine rings is 1. The number of carboxylic acid groups (broad SMARTS) is 1. The van der Waals surface area contributed by atoms with E-state index in [4.69, 9.17) is 5.11 Å². The first-order valence-corrected chi connectivity index (χ1v) is 7.71. The number of carboxylic acids is 1. The number of nitrogens with zero attached hydrogens (tertiary/aromatic N) is 1. The van der Waals surface area contributed by atoms with Crippen LogP contribution in [0.4, 0.5) is 5.69 Å². The van der Waals surface area contributed by atoms with E-state index in [2.05, 4.69) is 39.0 Å². The molecule has 4 heteroatoms. The Kier molecular flexibility index (Phi) is 5.25. The summed E-state index contributed by atoms with van der Waals surface area (Å²) in [4.78, 5) is 12.9. The Morgan fingerprint density at radius 2 is 2.00 bits per heavy atom. The maximum absolute atomic E-state index is 10.5. The van der Waals surface area contributed by atoms with Crippen LogP contribution in [-0.4, -0.2) is 24.2 Å². The fraction of sp³-hybridized carbons (Fsp3) is 0.533. The molecule has 1 heterocycles. The maximum Gasteiger partial charge on any atom is 0.303 e. The summed E-state index contributed by atoms with van der Waals surface area (Å²) in [6, 6.07) is 6.41. The van der Waals surface area contributed by atoms with E-state index in [-0.39, 0.29) is 6.42 Å². The normalized spacial score (nSPS) is 15.5. The van der Waals surface area contributed by atoms with E-state index < -0.39 is 5.97 Å². The fourth-order valence-corrected chi connectivity index (χ4v) is 3.22. The second kappa shape index (κ2) is 6.94. The summed E-state index contributed by atoms with van der Waals surface area (Å²) in [7, 11) is 0. The summed E-state index contributed by atoms with van der Waals surface area (Å²) < 4.78 is 1.13. The predicted molar refractivity (Wildman–Crippen MR) is 80.8 cm³/mol. The summed E-state index contributed by atoms with van der Waals surface area (Å²) >= 11 is 3.65. The monoisotopic (exact) mass is 325 g/mol. The lowest BCUT2D eigenvalue weighted by molar-refractivity contribution is -0.137. The number of carbonyl (C=O) groups is 1. The zero-order chi connectivity index (χ0) is 13.7. The zero-order valence-corrected chi connectivity index (χ0v) is 12.7. The molecule has 104 valence electrons. The minimum atomic E-state index is -0.719. The number of benzene rings is 1. The molecule has 0 unspecified atom stereocenters. The number of aryl methyl sites for hydroxylation is 1. The van der Waals surface area contributed by atoms with Gasteiger partial charge in [0.25, 0.3) is 0 Å². The quantitative estimate of drug-likeness (QED) is 0.893. The van der Waals surface area contributed by atoms with E-state index in [1.807, 2.05) is 0 Å². The van der Waals surface area contributed by atoms with Crippen LogP contribution < -0.4 is 4.90 Å². The van der Waals surface area contributed by atoms with Crippen molar-refractivity contribution in [2.45, 2.75) is 38.5 Å². The lowest BCUT2D eigenvalue weighted by Crippen LogP contribution is -2.29. The summed E-state index contributed by atoms with van der Waals surface area (Å²) in [6.07, 6.45) is 5.64. The number of hydrogen-bond donors (Lipinski definition) is 1. The summed E-state index contributed by atoms with van der Waals surface area (Å²) in [6.45, 7) is 2.27. The largest absolute Gasteiger partial charge is 0.481 e. The molecule has 0 radical (unpaired) electrons. The highest BCUT2D eigenvalue weighted by atomic mass is 79.9. The standard InChI is InChI=1S/C15H20BrNO2/c16-13-11-12(5-4-6-15(18)19)7-8-14(13)17-9-2-1-3-10-17/h7-8,11H,1-6,9-10H2,(H,18,19). The molecule has 0 saturated carbocycles. The predicted octanol–water partition coefficient (Wildman–Crippen LogP) is 3.85. The van der Waals surface area contributed by atoms with Crippen molar-refractivity contribution in [3.63, 3.8) is 0 Å². The molecule has 1 N–H and O–H groups in total. The van der Waals surface area contributed by atoms with Crippen LogP contribution in [0.1, 0.15) is 37.7 Å². The number of halogens is 1. The highest BCUT2D eigenvalue weighted by molar-refractivity contribution is 9.10. The van der Waals surface area contributed by atoms with Gasteiger partial charge in [-0.05, 0) is 65.7 Å². The van der Waals surface area contributed by atoms with Crippen LogP contribution in [0.3, 0.4) is 0 Å². The van der Waals surface area contributed by atoms with Crippen molar-refractivity contribution in [3.05, 3.63) is 28.2 Å². The van der Waals surface area contributed by atoms with Gasteiger partial charge in [-0.2, -0.15) is 0 Å². The molecular formula is C15H20BrNO2. The van der Waals surface area contributed by atoms with Crippen molar-refractivity contribution in [1.82, 2.24) is 0 Å². The van der Waals surface area contributed by atoms with Crippen molar-refractivity contribution in [3.8, 4) is 0 Å². The molecule has 0 atom stereocenters. The number of hydrogen-bond acceptors (Lipinski definition) is 2. The molecule has 1 aliphatic heterocycles. The van der Waals surface area contributed by atoms with Gasteiger partial charge < -0.3 is 10.0 Å². The smallest absolute Gasteiger partial charge is 0.303 e. The molecule has 0 spiro atoms. The average molecular weight is 326 g/mol. The van der Waals surface area contributed by atoms with Crippen molar-refractivity contribution in [1.29, 1.82) is 0 Å². The zero-order valence-electron chi connectivity index (χ0n) is 11.1. The molecule has 1 aliphatic rings. The highest BCUT2D eigenvalue weighted by Gasteiger charge is 2.13. The summed E-state index contributed by atoms with van der Waals surface area (Å²) in [5.41, 5.74) is 2.47. The Bertz CT molecular complexity index is 442. The minimum absolute atomic E-state index is 0.242. The lowest BCUT2D eigenvalue weighted by Gasteiger charge is -2.29. The molecule has 19 heavy (non-hydrogen) atoms. The fourth-order valence-electron chi connectivity index (χ4n) is 2.54. The van der Waals surface area contributed by atoms with Crippen LogP contribution in [0.5, 0.6) is 0 Å². The lowest BCUT2D eigenvalue weighted by atomic mass is 10.1. The molecule has 3 nitrogen and oxygen atoms in total. The Morgan fingerprint density at radius 3 is 2.63 bits per heavy atom. The van der Waals surface area contributed by atoms with E-state index in [1.54, 1.807) is 0 Å². The van der Waals surface area contributed by atoms with Gasteiger partial charge in [0.05, 0.1) is 5.69 Å². The van der Waals surface area contributed by atoms with Crippen molar-refractivity contribution in [2.75, 3.05) is 18.0 Å². The molecule has 0 amide bonds. The number of anilines is 1. The second-order valence-electron chi connectivity index (χ2n) is 5.08. The molecule has 0 aliphatic carbocycles. The van der Waals surface area contributed by atoms with Gasteiger partial charge in [-0.15, -0.1) is 0 Å². The molecule has 1 aromatic carbocycles. The SMILES string of the molecule is O=C(O)CCCc1ccc(N2CCCCC2)c(Br)c1. The Balaban J connectivity index is 1.98. The van der Waals surface area contributed by atoms with Gasteiger partial charge in [0, 0.05) is 24.0 Å². The highest BCUT2D eigenvalue weighted by Crippen LogP contribution is 2.30. The van der Waals surface area contributed by atoms with Gasteiger partial charge in [0.15, 0.2) is 0 Å². The van der Waals surface area contributed by atoms with Crippen LogP contribution in [-0.2, 0) is 11.2 Å². The second-order valence-corrected chi connectivity index (χ2v) is 5.94. The Morgan fingerprint density at radius 1 is 1.26 bits per heavy atom. The Labute approximate surface area is 122 Å². The summed E-state index contributed by atoms with van der Waals surface area (Å²) in [5.74, 6) is -0.719. The van der Waals surface area contributed by atoms with Gasteiger partial charge in [-0.1, -0.05) is 6.07 Å². The van der Waals surface area contributed by atoms with E-state index in [0.29, 0.717) is 6.42 Å². The van der Waals surface area contributed by atoms with E-state index in [0.717, 1.165) is 24.0 Å². The maximum atomic E-state index is 10.5. The number of aliphatic carboxylic acids is 1. The van der Waals surface area contributed by atoms with Gasteiger partial charge >= 0.3 is 5.97 Å². The minimum Gasteiger partial charge on any atom is -0.481 e. The summed E-state index contributed by atoms with van der Waals surface area (Å²) in [5, 5.41) is 8.64. The van der Waals surface area contributed by atoms with E-state index in [9.17, 15) is 4.79 Å². The molecule has 0 aromatic heterocycles. The molecule has 0 bridgehead atoms. The average Bonchev–Trinajstić information content (AvgIpc) is 2.39. The molecule has 1 fully saturated rings. The van der Waals surface area contributed by atoms with Crippen molar-refractivity contribution in [2.24, 2.45) is 0 Å². The molecule has 1 saturated heterocycles. The molecule has 1 aromatic rings. The van der Waals surface area contributed by atoms with Crippen LogP contribution in [0.25, 0.3) is 0 Å². The van der Waals surface area contributed by atoms with Crippen LogP contribution >= 0.6 is 15.9 Å². The first-order chi connectivity index (χ1) is 9.16. The topological polar surface area (TPSA) is 40.5 Å². The van der Waals surface area contributed by atoms with Gasteiger partial charge in [-0.25, -0.2) is 0 Å². The molecule has 2 rings (SSSR count). The first-order valence-electron chi connectivity index (χ1n) is 6.92. The van der Waals surface area contributed by atoms with Crippen LogP contribution in [0.15, 0.2) is 22.7 Å². The van der Waals surface area contributed by atoms with Crippen molar-refractivity contribution >= 4 is 27.6 Å². The number of rotatable bonds is 5. The van der Waals surface area contributed by atoms with E-state index >= 15 is 0 Å². The molecular weight excluding hydrogens is 306 g/mol. The van der Waals surface area contributed by atoms with Gasteiger partial charge in [0.2, 0.25) is 0 Å². The Hall–Kier alpha value is -1.03. The van der Waals surface area contributed by atoms with Crippen LogP contribution in [0, 0.1) is 0 Å². The van der Waals surface area contributed by atoms with E-state index in [1.165, 1.54) is 30.5 Å².